The number of carbonyl (C=O) groups excluding carboxylic acids is 1. The van der Waals surface area contributed by atoms with Crippen LogP contribution in [0.25, 0.3) is 11.0 Å². The summed E-state index contributed by atoms with van der Waals surface area (Å²) in [6.45, 7) is 5.23. The Morgan fingerprint density at radius 1 is 1.00 bits per heavy atom. The third-order valence-electron chi connectivity index (χ3n) is 6.74. The van der Waals surface area contributed by atoms with Gasteiger partial charge in [0.2, 0.25) is 11.9 Å². The zero-order valence-corrected chi connectivity index (χ0v) is 20.5. The van der Waals surface area contributed by atoms with E-state index in [4.69, 9.17) is 9.72 Å². The smallest absolute Gasteiger partial charge is 0.223 e. The second-order valence-corrected chi connectivity index (χ2v) is 9.17. The summed E-state index contributed by atoms with van der Waals surface area (Å²) in [7, 11) is 0. The van der Waals surface area contributed by atoms with Gasteiger partial charge in [-0.2, -0.15) is 0 Å². The van der Waals surface area contributed by atoms with Gasteiger partial charge in [0.15, 0.2) is 0 Å². The number of aromatic nitrogens is 2. The zero-order valence-electron chi connectivity index (χ0n) is 20.5. The van der Waals surface area contributed by atoms with Crippen molar-refractivity contribution in [2.45, 2.75) is 32.9 Å². The number of rotatable bonds is 8. The van der Waals surface area contributed by atoms with Gasteiger partial charge in [-0.3, -0.25) is 4.79 Å². The molecule has 5 rings (SSSR count). The first kappa shape index (κ1) is 23.9. The number of piperidine rings is 1. The van der Waals surface area contributed by atoms with Crippen LogP contribution in [0.1, 0.15) is 30.9 Å². The Morgan fingerprint density at radius 3 is 2.42 bits per heavy atom. The van der Waals surface area contributed by atoms with Crippen molar-refractivity contribution in [1.29, 1.82) is 0 Å². The SMILES string of the molecule is CCOc1ccc(CNC(=O)C2CCN(c3nc4ccccc4n3Cc3ccc(F)cc3)CC2)cc1. The Morgan fingerprint density at radius 2 is 1.69 bits per heavy atom. The summed E-state index contributed by atoms with van der Waals surface area (Å²) in [6.07, 6.45) is 1.55. The van der Waals surface area contributed by atoms with E-state index in [1.165, 1.54) is 12.1 Å². The molecule has 0 atom stereocenters. The highest BCUT2D eigenvalue weighted by Gasteiger charge is 2.27. The Hall–Kier alpha value is -3.87. The number of amides is 1. The largest absolute Gasteiger partial charge is 0.494 e. The number of halogens is 1. The minimum Gasteiger partial charge on any atom is -0.494 e. The highest BCUT2D eigenvalue weighted by molar-refractivity contribution is 5.80. The molecule has 1 saturated heterocycles. The molecule has 2 heterocycles. The molecule has 0 radical (unpaired) electrons. The van der Waals surface area contributed by atoms with Gasteiger partial charge in [-0.25, -0.2) is 9.37 Å². The highest BCUT2D eigenvalue weighted by Crippen LogP contribution is 2.28. The van der Waals surface area contributed by atoms with Crippen LogP contribution in [-0.4, -0.2) is 35.2 Å². The van der Waals surface area contributed by atoms with E-state index >= 15 is 0 Å². The van der Waals surface area contributed by atoms with Crippen molar-refractivity contribution in [2.24, 2.45) is 5.92 Å². The van der Waals surface area contributed by atoms with Crippen LogP contribution in [0.4, 0.5) is 10.3 Å². The summed E-state index contributed by atoms with van der Waals surface area (Å²) >= 11 is 0. The molecule has 0 spiro atoms. The second kappa shape index (κ2) is 10.8. The second-order valence-electron chi connectivity index (χ2n) is 9.17. The molecule has 0 bridgehead atoms. The number of anilines is 1. The predicted molar refractivity (Wildman–Crippen MR) is 140 cm³/mol. The molecule has 1 N–H and O–H groups in total. The van der Waals surface area contributed by atoms with E-state index < -0.39 is 0 Å². The van der Waals surface area contributed by atoms with Gasteiger partial charge in [-0.1, -0.05) is 36.4 Å². The van der Waals surface area contributed by atoms with Gasteiger partial charge in [-0.05, 0) is 67.3 Å². The van der Waals surface area contributed by atoms with Crippen molar-refractivity contribution in [1.82, 2.24) is 14.9 Å². The van der Waals surface area contributed by atoms with Crippen LogP contribution < -0.4 is 15.0 Å². The fourth-order valence-corrected chi connectivity index (χ4v) is 4.78. The molecular formula is C29H31FN4O2. The summed E-state index contributed by atoms with van der Waals surface area (Å²) in [4.78, 5) is 20.0. The number of hydrogen-bond donors (Lipinski definition) is 1. The Balaban J connectivity index is 1.23. The first-order valence-electron chi connectivity index (χ1n) is 12.5. The van der Waals surface area contributed by atoms with E-state index in [1.807, 2.05) is 61.5 Å². The lowest BCUT2D eigenvalue weighted by Gasteiger charge is -2.32. The van der Waals surface area contributed by atoms with Gasteiger partial charge in [0, 0.05) is 25.6 Å². The number of carbonyl (C=O) groups is 1. The Labute approximate surface area is 210 Å². The van der Waals surface area contributed by atoms with Gasteiger partial charge in [0.1, 0.15) is 11.6 Å². The van der Waals surface area contributed by atoms with Crippen LogP contribution in [-0.2, 0) is 17.9 Å². The molecule has 36 heavy (non-hydrogen) atoms. The molecule has 4 aromatic rings. The quantitative estimate of drug-likeness (QED) is 0.374. The van der Waals surface area contributed by atoms with E-state index in [0.29, 0.717) is 19.7 Å². The van der Waals surface area contributed by atoms with Crippen molar-refractivity contribution in [3.05, 3.63) is 89.7 Å². The molecule has 1 aliphatic rings. The third kappa shape index (κ3) is 5.35. The molecule has 0 saturated carbocycles. The molecule has 1 fully saturated rings. The van der Waals surface area contributed by atoms with Crippen molar-refractivity contribution in [3.8, 4) is 5.75 Å². The summed E-state index contributed by atoms with van der Waals surface area (Å²) in [6, 6.07) is 22.5. The summed E-state index contributed by atoms with van der Waals surface area (Å²) in [5.41, 5.74) is 4.06. The first-order valence-corrected chi connectivity index (χ1v) is 12.5. The standard InChI is InChI=1S/C29H31FN4O2/c1-2-36-25-13-9-21(10-14-25)19-31-28(35)23-15-17-33(18-16-23)29-32-26-5-3-4-6-27(26)34(29)20-22-7-11-24(30)12-8-22/h3-14,23H,2,15-20H2,1H3,(H,31,35). The number of para-hydroxylation sites is 2. The van der Waals surface area contributed by atoms with Crippen molar-refractivity contribution in [3.63, 3.8) is 0 Å². The molecule has 3 aromatic carbocycles. The molecule has 0 aliphatic carbocycles. The van der Waals surface area contributed by atoms with Crippen LogP contribution in [0, 0.1) is 11.7 Å². The van der Waals surface area contributed by atoms with E-state index in [0.717, 1.165) is 59.8 Å². The van der Waals surface area contributed by atoms with E-state index in [1.54, 1.807) is 0 Å². The lowest BCUT2D eigenvalue weighted by molar-refractivity contribution is -0.125. The number of ether oxygens (including phenoxy) is 1. The van der Waals surface area contributed by atoms with Crippen molar-refractivity contribution in [2.75, 3.05) is 24.6 Å². The van der Waals surface area contributed by atoms with Crippen LogP contribution in [0.15, 0.2) is 72.8 Å². The van der Waals surface area contributed by atoms with Gasteiger partial charge in [0.25, 0.3) is 0 Å². The van der Waals surface area contributed by atoms with Crippen LogP contribution in [0.2, 0.25) is 0 Å². The average Bonchev–Trinajstić information content (AvgIpc) is 3.28. The molecule has 186 valence electrons. The van der Waals surface area contributed by atoms with Gasteiger partial charge >= 0.3 is 0 Å². The lowest BCUT2D eigenvalue weighted by atomic mass is 9.96. The normalized spacial score (nSPS) is 14.2. The first-order chi connectivity index (χ1) is 17.6. The number of hydrogen-bond acceptors (Lipinski definition) is 4. The Bertz CT molecular complexity index is 1310. The predicted octanol–water partition coefficient (Wildman–Crippen LogP) is 5.16. The molecule has 0 unspecified atom stereocenters. The van der Waals surface area contributed by atoms with Crippen LogP contribution in [0.3, 0.4) is 0 Å². The Kier molecular flexibility index (Phi) is 7.16. The molecule has 1 amide bonds. The molecule has 1 aliphatic heterocycles. The highest BCUT2D eigenvalue weighted by atomic mass is 19.1. The minimum atomic E-state index is -0.239. The minimum absolute atomic E-state index is 0.0149. The molecule has 6 nitrogen and oxygen atoms in total. The number of nitrogens with one attached hydrogen (secondary N) is 1. The lowest BCUT2D eigenvalue weighted by Crippen LogP contribution is -2.41. The van der Waals surface area contributed by atoms with Gasteiger partial charge < -0.3 is 19.5 Å². The topological polar surface area (TPSA) is 59.4 Å². The maximum atomic E-state index is 13.4. The number of benzene rings is 3. The summed E-state index contributed by atoms with van der Waals surface area (Å²) in [5, 5.41) is 3.10. The summed E-state index contributed by atoms with van der Waals surface area (Å²) in [5.74, 6) is 1.58. The third-order valence-corrected chi connectivity index (χ3v) is 6.74. The number of nitrogens with zero attached hydrogens (tertiary/aromatic N) is 3. The average molecular weight is 487 g/mol. The fourth-order valence-electron chi connectivity index (χ4n) is 4.78. The van der Waals surface area contributed by atoms with Crippen LogP contribution >= 0.6 is 0 Å². The maximum absolute atomic E-state index is 13.4. The van der Waals surface area contributed by atoms with Crippen molar-refractivity contribution < 1.29 is 13.9 Å². The molecule has 7 heteroatoms. The van der Waals surface area contributed by atoms with E-state index in [-0.39, 0.29) is 17.6 Å². The van der Waals surface area contributed by atoms with E-state index in [9.17, 15) is 9.18 Å². The fraction of sp³-hybridized carbons (Fsp3) is 0.310. The molecule has 1 aromatic heterocycles. The number of fused-ring (bicyclic) bond motifs is 1. The van der Waals surface area contributed by atoms with Crippen LogP contribution in [0.5, 0.6) is 5.75 Å². The number of imidazole rings is 1. The monoisotopic (exact) mass is 486 g/mol. The van der Waals surface area contributed by atoms with Crippen molar-refractivity contribution >= 4 is 22.9 Å². The van der Waals surface area contributed by atoms with E-state index in [2.05, 4.69) is 20.9 Å². The maximum Gasteiger partial charge on any atom is 0.223 e. The van der Waals surface area contributed by atoms with Gasteiger partial charge in [-0.15, -0.1) is 0 Å². The molecular weight excluding hydrogens is 455 g/mol. The summed E-state index contributed by atoms with van der Waals surface area (Å²) < 4.78 is 21.1. The van der Waals surface area contributed by atoms with Gasteiger partial charge in [0.05, 0.1) is 24.2 Å². The zero-order chi connectivity index (χ0) is 24.9.